The molecule has 2 aromatic rings. The lowest BCUT2D eigenvalue weighted by Gasteiger charge is -2.28. The van der Waals surface area contributed by atoms with Crippen LogP contribution < -0.4 is 0 Å². The van der Waals surface area contributed by atoms with Gasteiger partial charge in [-0.1, -0.05) is 94.1 Å². The summed E-state index contributed by atoms with van der Waals surface area (Å²) in [6.45, 7) is 23.2. The first-order chi connectivity index (χ1) is 15.7. The Morgan fingerprint density at radius 3 is 2.21 bits per heavy atom. The molecule has 2 nitrogen and oxygen atoms in total. The largest absolute Gasteiger partial charge is 0.508 e. The molecule has 0 aromatic heterocycles. The van der Waals surface area contributed by atoms with E-state index in [1.165, 1.54) is 28.0 Å². The van der Waals surface area contributed by atoms with Gasteiger partial charge in [-0.25, -0.2) is 0 Å². The van der Waals surface area contributed by atoms with Gasteiger partial charge in [0.25, 0.3) is 0 Å². The normalized spacial score (nSPS) is 17.3. The van der Waals surface area contributed by atoms with Gasteiger partial charge in [-0.3, -0.25) is 0 Å². The summed E-state index contributed by atoms with van der Waals surface area (Å²) < 4.78 is 0. The van der Waals surface area contributed by atoms with Crippen LogP contribution in [0.5, 0.6) is 5.75 Å². The van der Waals surface area contributed by atoms with Crippen LogP contribution in [-0.2, 0) is 19.3 Å². The Labute approximate surface area is 202 Å². The quantitative estimate of drug-likeness (QED) is 0.397. The lowest BCUT2D eigenvalue weighted by Crippen LogP contribution is -2.25. The van der Waals surface area contributed by atoms with Gasteiger partial charge < -0.3 is 10.0 Å². The SMILES string of the molecule is C=C(C)Cc1ccc(CC)cc1.C=C(CC)N1CCC(C)(C(=C)CCc2ccccc2O)C1. The standard InChI is InChI=1S/C19H27NO.C12H16/c1-5-16(3)20-13-12-19(4,14-20)15(2)10-11-17-8-6-7-9-18(17)21;1-4-11-5-7-12(8-6-11)9-10(2)3/h6-9,21H,2-3,5,10-14H2,1,4H3;5-8H,2,4,9H2,1,3H3. The van der Waals surface area contributed by atoms with Gasteiger partial charge in [0, 0.05) is 24.2 Å². The molecule has 1 heterocycles. The van der Waals surface area contributed by atoms with E-state index in [4.69, 9.17) is 0 Å². The van der Waals surface area contributed by atoms with Gasteiger partial charge in [-0.15, -0.1) is 0 Å². The number of allylic oxidation sites excluding steroid dienone is 2. The maximum atomic E-state index is 9.85. The predicted molar refractivity (Wildman–Crippen MR) is 144 cm³/mol. The molecule has 1 aliphatic rings. The summed E-state index contributed by atoms with van der Waals surface area (Å²) in [5, 5.41) is 9.85. The number of phenolic OH excluding ortho intramolecular Hbond substituents is 1. The van der Waals surface area contributed by atoms with Crippen molar-refractivity contribution >= 4 is 0 Å². The van der Waals surface area contributed by atoms with Crippen LogP contribution in [0.25, 0.3) is 0 Å². The Morgan fingerprint density at radius 2 is 1.64 bits per heavy atom. The first-order valence-corrected chi connectivity index (χ1v) is 12.3. The Kier molecular flexibility index (Phi) is 10.0. The number of hydrogen-bond acceptors (Lipinski definition) is 2. The summed E-state index contributed by atoms with van der Waals surface area (Å²) >= 11 is 0. The van der Waals surface area contributed by atoms with Crippen molar-refractivity contribution in [3.63, 3.8) is 0 Å². The van der Waals surface area contributed by atoms with Crippen LogP contribution >= 0.6 is 0 Å². The monoisotopic (exact) mass is 445 g/mol. The molecular weight excluding hydrogens is 402 g/mol. The molecule has 1 unspecified atom stereocenters. The zero-order valence-electron chi connectivity index (χ0n) is 21.3. The van der Waals surface area contributed by atoms with E-state index >= 15 is 0 Å². The molecule has 0 saturated carbocycles. The van der Waals surface area contributed by atoms with Crippen molar-refractivity contribution in [1.29, 1.82) is 0 Å². The van der Waals surface area contributed by atoms with Gasteiger partial charge in [-0.05, 0) is 68.2 Å². The molecule has 178 valence electrons. The van der Waals surface area contributed by atoms with Gasteiger partial charge >= 0.3 is 0 Å². The van der Waals surface area contributed by atoms with Gasteiger partial charge in [0.05, 0.1) is 0 Å². The fourth-order valence-corrected chi connectivity index (χ4v) is 4.29. The topological polar surface area (TPSA) is 23.5 Å². The zero-order chi connectivity index (χ0) is 24.4. The Hall–Kier alpha value is -2.74. The molecule has 2 aromatic carbocycles. The molecule has 2 heteroatoms. The summed E-state index contributed by atoms with van der Waals surface area (Å²) in [4.78, 5) is 2.39. The molecule has 1 aliphatic heterocycles. The number of nitrogens with zero attached hydrogens (tertiary/aromatic N) is 1. The lowest BCUT2D eigenvalue weighted by molar-refractivity contribution is 0.348. The van der Waals surface area contributed by atoms with Gasteiger partial charge in [0.2, 0.25) is 0 Å². The van der Waals surface area contributed by atoms with Crippen molar-refractivity contribution in [1.82, 2.24) is 4.90 Å². The average Bonchev–Trinajstić information content (AvgIpc) is 3.22. The van der Waals surface area contributed by atoms with Crippen molar-refractivity contribution in [3.05, 3.63) is 102 Å². The minimum Gasteiger partial charge on any atom is -0.508 e. The van der Waals surface area contributed by atoms with Crippen molar-refractivity contribution in [2.45, 2.75) is 66.2 Å². The number of rotatable bonds is 9. The number of phenols is 1. The Morgan fingerprint density at radius 1 is 1.00 bits per heavy atom. The lowest BCUT2D eigenvalue weighted by atomic mass is 9.79. The first kappa shape index (κ1) is 26.5. The highest BCUT2D eigenvalue weighted by molar-refractivity contribution is 5.32. The number of benzene rings is 2. The van der Waals surface area contributed by atoms with Crippen LogP contribution in [0.15, 0.2) is 85.1 Å². The minimum atomic E-state index is 0.169. The number of aryl methyl sites for hydroxylation is 2. The summed E-state index contributed by atoms with van der Waals surface area (Å²) in [6, 6.07) is 16.3. The predicted octanol–water partition coefficient (Wildman–Crippen LogP) is 7.88. The smallest absolute Gasteiger partial charge is 0.118 e. The van der Waals surface area contributed by atoms with Crippen molar-refractivity contribution in [2.75, 3.05) is 13.1 Å². The van der Waals surface area contributed by atoms with Crippen LogP contribution in [0.3, 0.4) is 0 Å². The van der Waals surface area contributed by atoms with Crippen molar-refractivity contribution in [2.24, 2.45) is 5.41 Å². The van der Waals surface area contributed by atoms with Crippen LogP contribution in [0, 0.1) is 5.41 Å². The third-order valence-electron chi connectivity index (χ3n) is 6.81. The van der Waals surface area contributed by atoms with Gasteiger partial charge in [-0.2, -0.15) is 0 Å². The van der Waals surface area contributed by atoms with E-state index in [0.717, 1.165) is 57.2 Å². The Balaban J connectivity index is 0.000000273. The summed E-state index contributed by atoms with van der Waals surface area (Å²) in [6.07, 6.45) is 6.07. The van der Waals surface area contributed by atoms with Crippen LogP contribution in [0.2, 0.25) is 0 Å². The molecular formula is C31H43NO. The van der Waals surface area contributed by atoms with Gasteiger partial charge in [0.15, 0.2) is 0 Å². The fraction of sp³-hybridized carbons (Fsp3) is 0.419. The second kappa shape index (κ2) is 12.5. The van der Waals surface area contributed by atoms with E-state index in [9.17, 15) is 5.11 Å². The van der Waals surface area contributed by atoms with E-state index < -0.39 is 0 Å². The molecule has 0 radical (unpaired) electrons. The molecule has 0 aliphatic carbocycles. The highest BCUT2D eigenvalue weighted by Gasteiger charge is 2.35. The first-order valence-electron chi connectivity index (χ1n) is 12.3. The average molecular weight is 446 g/mol. The van der Waals surface area contributed by atoms with Crippen LogP contribution in [0.4, 0.5) is 0 Å². The molecule has 1 fully saturated rings. The maximum absolute atomic E-state index is 9.85. The van der Waals surface area contributed by atoms with E-state index in [2.05, 4.69) is 76.6 Å². The van der Waals surface area contributed by atoms with Crippen molar-refractivity contribution < 1.29 is 5.11 Å². The maximum Gasteiger partial charge on any atom is 0.118 e. The third-order valence-corrected chi connectivity index (χ3v) is 6.81. The third kappa shape index (κ3) is 7.96. The Bertz CT molecular complexity index is 940. The highest BCUT2D eigenvalue weighted by Crippen LogP contribution is 2.40. The molecule has 0 amide bonds. The zero-order valence-corrected chi connectivity index (χ0v) is 21.3. The highest BCUT2D eigenvalue weighted by atomic mass is 16.3. The van der Waals surface area contributed by atoms with Crippen LogP contribution in [0.1, 0.15) is 63.6 Å². The second-order valence-corrected chi connectivity index (χ2v) is 9.69. The summed E-state index contributed by atoms with van der Waals surface area (Å²) in [5.74, 6) is 0.392. The van der Waals surface area contributed by atoms with Crippen molar-refractivity contribution in [3.8, 4) is 5.75 Å². The summed E-state index contributed by atoms with van der Waals surface area (Å²) in [5.41, 5.74) is 7.68. The molecule has 3 rings (SSSR count). The number of aromatic hydroxyl groups is 1. The number of hydrogen-bond donors (Lipinski definition) is 1. The van der Waals surface area contributed by atoms with E-state index in [-0.39, 0.29) is 5.41 Å². The number of para-hydroxylation sites is 1. The summed E-state index contributed by atoms with van der Waals surface area (Å²) in [7, 11) is 0. The molecule has 0 bridgehead atoms. The number of likely N-dealkylation sites (tertiary alicyclic amines) is 1. The van der Waals surface area contributed by atoms with E-state index in [1.807, 2.05) is 18.2 Å². The van der Waals surface area contributed by atoms with E-state index in [0.29, 0.717) is 5.75 Å². The molecule has 33 heavy (non-hydrogen) atoms. The molecule has 0 spiro atoms. The fourth-order valence-electron chi connectivity index (χ4n) is 4.29. The molecule has 1 saturated heterocycles. The molecule has 1 atom stereocenters. The minimum absolute atomic E-state index is 0.169. The van der Waals surface area contributed by atoms with E-state index in [1.54, 1.807) is 6.07 Å². The second-order valence-electron chi connectivity index (χ2n) is 9.69. The van der Waals surface area contributed by atoms with Crippen LogP contribution in [-0.4, -0.2) is 23.1 Å². The van der Waals surface area contributed by atoms with Gasteiger partial charge in [0.1, 0.15) is 5.75 Å². The molecule has 1 N–H and O–H groups in total.